The molecule has 1 unspecified atom stereocenters. The van der Waals surface area contributed by atoms with E-state index in [0.29, 0.717) is 12.8 Å². The van der Waals surface area contributed by atoms with E-state index in [1.165, 1.54) is 0 Å². The lowest BCUT2D eigenvalue weighted by atomic mass is 10.5. The van der Waals surface area contributed by atoms with Crippen molar-refractivity contribution in [1.82, 2.24) is 0 Å². The molecule has 0 heterocycles. The van der Waals surface area contributed by atoms with Crippen LogP contribution in [-0.4, -0.2) is 44.9 Å². The Hall–Kier alpha value is -0.240. The molecule has 13 heavy (non-hydrogen) atoms. The number of allylic oxidation sites excluding steroid dienone is 2. The number of quaternary nitrogens is 1. The smallest absolute Gasteiger partial charge is 0.329 e. The van der Waals surface area contributed by atoms with Crippen molar-refractivity contribution >= 4 is 8.03 Å². The second-order valence-electron chi connectivity index (χ2n) is 3.93. The van der Waals surface area contributed by atoms with Crippen molar-refractivity contribution in [1.29, 1.82) is 0 Å². The molecule has 0 saturated heterocycles. The molecule has 0 bridgehead atoms. The topological polar surface area (TPSA) is 26.3 Å². The van der Waals surface area contributed by atoms with E-state index in [0.717, 1.165) is 11.0 Å². The average Bonchev–Trinajstić information content (AvgIpc) is 1.98. The lowest BCUT2D eigenvalue weighted by Gasteiger charge is -2.21. The maximum atomic E-state index is 11.2. The molecule has 0 amide bonds. The lowest BCUT2D eigenvalue weighted by Crippen LogP contribution is -2.37. The molecule has 76 valence electrons. The van der Waals surface area contributed by atoms with Crippen molar-refractivity contribution in [3.05, 3.63) is 12.2 Å². The van der Waals surface area contributed by atoms with E-state index < -0.39 is 8.03 Å². The van der Waals surface area contributed by atoms with Gasteiger partial charge in [0.2, 0.25) is 0 Å². The maximum Gasteiger partial charge on any atom is 0.512 e. The minimum absolute atomic E-state index is 0.531. The van der Waals surface area contributed by atoms with Crippen LogP contribution in [0.4, 0.5) is 0 Å². The molecule has 0 N–H and O–H groups in total. The van der Waals surface area contributed by atoms with E-state index >= 15 is 0 Å². The summed E-state index contributed by atoms with van der Waals surface area (Å²) in [7, 11) is 4.77. The van der Waals surface area contributed by atoms with E-state index in [1.54, 1.807) is 0 Å². The van der Waals surface area contributed by atoms with Crippen LogP contribution in [-0.2, 0) is 9.09 Å². The molecule has 0 aliphatic rings. The summed E-state index contributed by atoms with van der Waals surface area (Å²) in [6.45, 7) is 3.36. The van der Waals surface area contributed by atoms with Crippen molar-refractivity contribution in [2.45, 2.75) is 6.92 Å². The van der Waals surface area contributed by atoms with Crippen LogP contribution in [0.3, 0.4) is 0 Å². The van der Waals surface area contributed by atoms with E-state index in [-0.39, 0.29) is 0 Å². The highest BCUT2D eigenvalue weighted by Gasteiger charge is 2.16. The van der Waals surface area contributed by atoms with Crippen LogP contribution >= 0.6 is 8.03 Å². The van der Waals surface area contributed by atoms with Gasteiger partial charge < -0.3 is 4.48 Å². The number of hydrogen-bond donors (Lipinski definition) is 0. The van der Waals surface area contributed by atoms with Gasteiger partial charge in [0.15, 0.2) is 12.8 Å². The standard InChI is InChI=1S/C9H20NO2P/c1-5-6-9-13(11)12-8-7-10(2,3)4/h5-6H,7-9H2,1-4H3/q+2. The largest absolute Gasteiger partial charge is 0.512 e. The Morgan fingerprint density at radius 1 is 1.38 bits per heavy atom. The molecule has 0 aromatic rings. The molecule has 3 nitrogen and oxygen atoms in total. The zero-order valence-corrected chi connectivity index (χ0v) is 9.88. The van der Waals surface area contributed by atoms with Gasteiger partial charge in [-0.05, 0) is 17.6 Å². The minimum atomic E-state index is -1.49. The third-order valence-corrected chi connectivity index (χ3v) is 2.47. The molecule has 0 aliphatic carbocycles. The number of nitrogens with zero attached hydrogens (tertiary/aromatic N) is 1. The Bertz CT molecular complexity index is 185. The molecule has 0 rings (SSSR count). The molecule has 1 atom stereocenters. The van der Waals surface area contributed by atoms with Gasteiger partial charge in [0.05, 0.1) is 21.1 Å². The summed E-state index contributed by atoms with van der Waals surface area (Å²) >= 11 is 0. The molecule has 0 aromatic carbocycles. The lowest BCUT2D eigenvalue weighted by molar-refractivity contribution is -0.870. The van der Waals surface area contributed by atoms with Gasteiger partial charge in [0.25, 0.3) is 0 Å². The highest BCUT2D eigenvalue weighted by Crippen LogP contribution is 2.21. The SMILES string of the molecule is CC=CC[P+](=O)OCC[N+](C)(C)C. The van der Waals surface area contributed by atoms with Crippen LogP contribution in [0.25, 0.3) is 0 Å². The Kier molecular flexibility index (Phi) is 6.13. The first-order valence-corrected chi connectivity index (χ1v) is 5.81. The summed E-state index contributed by atoms with van der Waals surface area (Å²) in [5.74, 6) is 0. The van der Waals surface area contributed by atoms with Gasteiger partial charge in [-0.3, -0.25) is 0 Å². The van der Waals surface area contributed by atoms with Gasteiger partial charge >= 0.3 is 8.03 Å². The summed E-state index contributed by atoms with van der Waals surface area (Å²) in [6, 6.07) is 0. The summed E-state index contributed by atoms with van der Waals surface area (Å²) in [6.07, 6.45) is 4.28. The van der Waals surface area contributed by atoms with Crippen LogP contribution in [0.2, 0.25) is 0 Å². The molecule has 0 aromatic heterocycles. The number of rotatable bonds is 6. The number of hydrogen-bond acceptors (Lipinski definition) is 2. The van der Waals surface area contributed by atoms with E-state index in [4.69, 9.17) is 4.52 Å². The van der Waals surface area contributed by atoms with Gasteiger partial charge in [-0.15, -0.1) is 4.52 Å². The summed E-state index contributed by atoms with van der Waals surface area (Å²) < 4.78 is 17.2. The van der Waals surface area contributed by atoms with Crippen molar-refractivity contribution in [2.24, 2.45) is 0 Å². The Morgan fingerprint density at radius 2 is 2.00 bits per heavy atom. The second-order valence-corrected chi connectivity index (χ2v) is 5.22. The van der Waals surface area contributed by atoms with Gasteiger partial charge in [-0.25, -0.2) is 0 Å². The molecule has 0 fully saturated rings. The van der Waals surface area contributed by atoms with Crippen molar-refractivity contribution in [3.63, 3.8) is 0 Å². The molecule has 0 aliphatic heterocycles. The average molecular weight is 205 g/mol. The van der Waals surface area contributed by atoms with E-state index in [2.05, 4.69) is 21.1 Å². The summed E-state index contributed by atoms with van der Waals surface area (Å²) in [5.41, 5.74) is 0. The molecular formula is C9H20NO2P+2. The highest BCUT2D eigenvalue weighted by molar-refractivity contribution is 7.39. The fraction of sp³-hybridized carbons (Fsp3) is 0.778. The quantitative estimate of drug-likeness (QED) is 0.377. The number of likely N-dealkylation sites (N-methyl/N-ethyl adjacent to an activating group) is 1. The molecule has 0 radical (unpaired) electrons. The Balaban J connectivity index is 3.48. The zero-order valence-electron chi connectivity index (χ0n) is 8.99. The van der Waals surface area contributed by atoms with Crippen LogP contribution < -0.4 is 0 Å². The van der Waals surface area contributed by atoms with Crippen LogP contribution in [0, 0.1) is 0 Å². The van der Waals surface area contributed by atoms with Crippen LogP contribution in [0.1, 0.15) is 6.92 Å². The van der Waals surface area contributed by atoms with Crippen LogP contribution in [0.15, 0.2) is 12.2 Å². The van der Waals surface area contributed by atoms with E-state index in [9.17, 15) is 4.57 Å². The maximum absolute atomic E-state index is 11.2. The van der Waals surface area contributed by atoms with Gasteiger partial charge in [-0.2, -0.15) is 0 Å². The Labute approximate surface area is 81.8 Å². The first-order chi connectivity index (χ1) is 5.95. The fourth-order valence-electron chi connectivity index (χ4n) is 0.661. The zero-order chi connectivity index (χ0) is 10.3. The monoisotopic (exact) mass is 205 g/mol. The van der Waals surface area contributed by atoms with Gasteiger partial charge in [0.1, 0.15) is 6.54 Å². The van der Waals surface area contributed by atoms with Gasteiger partial charge in [0, 0.05) is 0 Å². The summed E-state index contributed by atoms with van der Waals surface area (Å²) in [5, 5.41) is 0. The first-order valence-electron chi connectivity index (χ1n) is 4.45. The minimum Gasteiger partial charge on any atom is -0.329 e. The summed E-state index contributed by atoms with van der Waals surface area (Å²) in [4.78, 5) is 0. The first kappa shape index (κ1) is 12.8. The van der Waals surface area contributed by atoms with Crippen LogP contribution in [0.5, 0.6) is 0 Å². The highest BCUT2D eigenvalue weighted by atomic mass is 31.1. The predicted molar refractivity (Wildman–Crippen MR) is 56.1 cm³/mol. The Morgan fingerprint density at radius 3 is 2.46 bits per heavy atom. The molecule has 4 heteroatoms. The van der Waals surface area contributed by atoms with Crippen molar-refractivity contribution in [3.8, 4) is 0 Å². The third-order valence-electron chi connectivity index (χ3n) is 1.49. The fourth-order valence-corrected chi connectivity index (χ4v) is 1.43. The second kappa shape index (κ2) is 6.25. The van der Waals surface area contributed by atoms with E-state index in [1.807, 2.05) is 19.1 Å². The van der Waals surface area contributed by atoms with Crippen molar-refractivity contribution in [2.75, 3.05) is 40.5 Å². The third kappa shape index (κ3) is 9.68. The van der Waals surface area contributed by atoms with Crippen molar-refractivity contribution < 1.29 is 13.6 Å². The predicted octanol–water partition coefficient (Wildman–Crippen LogP) is 2.03. The molecule has 0 saturated carbocycles. The van der Waals surface area contributed by atoms with Gasteiger partial charge in [-0.1, -0.05) is 6.08 Å². The molecular weight excluding hydrogens is 185 g/mol. The normalized spacial score (nSPS) is 13.7. The molecule has 0 spiro atoms.